The van der Waals surface area contributed by atoms with Gasteiger partial charge in [0.1, 0.15) is 11.4 Å². The molecule has 4 N–H and O–H groups in total. The van der Waals surface area contributed by atoms with Gasteiger partial charge in [0.15, 0.2) is 11.8 Å². The van der Waals surface area contributed by atoms with Gasteiger partial charge in [0, 0.05) is 12.8 Å². The molecular weight excluding hydrogens is 556 g/mol. The lowest BCUT2D eigenvalue weighted by molar-refractivity contribution is -0.403. The van der Waals surface area contributed by atoms with E-state index in [4.69, 9.17) is 4.74 Å². The van der Waals surface area contributed by atoms with E-state index in [-0.39, 0.29) is 17.3 Å². The SMILES string of the molecule is CC(C)(C)Oc1ccc(C[C@H]([NH3+])C(=O)N[C@@H](Cc2ccccc2)C(=O)CCc2cc3ccc4cccc5ccc(c2)c3c45)cc1. The summed E-state index contributed by atoms with van der Waals surface area (Å²) in [6.45, 7) is 6.03. The Morgan fingerprint density at radius 3 is 1.89 bits per heavy atom. The first kappa shape index (κ1) is 30.3. The third kappa shape index (κ3) is 7.16. The Morgan fingerprint density at radius 1 is 0.689 bits per heavy atom. The summed E-state index contributed by atoms with van der Waals surface area (Å²) in [5.41, 5.74) is 6.98. The van der Waals surface area contributed by atoms with Crippen LogP contribution in [-0.2, 0) is 28.9 Å². The summed E-state index contributed by atoms with van der Waals surface area (Å²) >= 11 is 0. The Bertz CT molecular complexity index is 1880. The summed E-state index contributed by atoms with van der Waals surface area (Å²) < 4.78 is 5.92. The number of aryl methyl sites for hydroxylation is 1. The van der Waals surface area contributed by atoms with Crippen LogP contribution in [0.25, 0.3) is 32.3 Å². The van der Waals surface area contributed by atoms with Crippen molar-refractivity contribution in [3.63, 3.8) is 0 Å². The molecule has 5 nitrogen and oxygen atoms in total. The van der Waals surface area contributed by atoms with Gasteiger partial charge in [-0.25, -0.2) is 0 Å². The average Bonchev–Trinajstić information content (AvgIpc) is 3.02. The van der Waals surface area contributed by atoms with E-state index >= 15 is 0 Å². The quantitative estimate of drug-likeness (QED) is 0.160. The molecular formula is C40H41N2O3+. The van der Waals surface area contributed by atoms with E-state index in [9.17, 15) is 9.59 Å². The molecule has 0 saturated heterocycles. The van der Waals surface area contributed by atoms with Gasteiger partial charge in [0.25, 0.3) is 5.91 Å². The number of carbonyl (C=O) groups is 2. The van der Waals surface area contributed by atoms with Gasteiger partial charge in [0.2, 0.25) is 0 Å². The fourth-order valence-corrected chi connectivity index (χ4v) is 6.21. The Labute approximate surface area is 264 Å². The number of benzene rings is 6. The highest BCUT2D eigenvalue weighted by Gasteiger charge is 2.26. The maximum Gasteiger partial charge on any atom is 0.279 e. The van der Waals surface area contributed by atoms with Crippen molar-refractivity contribution in [3.05, 3.63) is 126 Å². The van der Waals surface area contributed by atoms with Crippen LogP contribution < -0.4 is 15.8 Å². The van der Waals surface area contributed by atoms with Crippen LogP contribution in [0.3, 0.4) is 0 Å². The van der Waals surface area contributed by atoms with Gasteiger partial charge in [-0.3, -0.25) is 9.59 Å². The predicted molar refractivity (Wildman–Crippen MR) is 183 cm³/mol. The molecule has 0 saturated carbocycles. The number of Topliss-reactive ketones (excluding diaryl/α,β-unsaturated/α-hetero) is 1. The number of nitrogens with one attached hydrogen (secondary N) is 1. The average molecular weight is 598 g/mol. The second-order valence-electron chi connectivity index (χ2n) is 13.1. The molecule has 5 heteroatoms. The second kappa shape index (κ2) is 12.7. The molecule has 6 rings (SSSR count). The zero-order valence-corrected chi connectivity index (χ0v) is 26.3. The zero-order valence-electron chi connectivity index (χ0n) is 26.3. The number of amides is 1. The number of hydrogen-bond donors (Lipinski definition) is 2. The van der Waals surface area contributed by atoms with E-state index < -0.39 is 12.1 Å². The monoisotopic (exact) mass is 597 g/mol. The van der Waals surface area contributed by atoms with Crippen molar-refractivity contribution < 1.29 is 20.1 Å². The number of ketones is 1. The number of quaternary nitrogens is 1. The predicted octanol–water partition coefficient (Wildman–Crippen LogP) is 6.84. The van der Waals surface area contributed by atoms with Crippen molar-refractivity contribution in [1.29, 1.82) is 0 Å². The van der Waals surface area contributed by atoms with E-state index in [0.29, 0.717) is 25.7 Å². The molecule has 1 amide bonds. The molecule has 0 unspecified atom stereocenters. The Hall–Kier alpha value is -4.74. The van der Waals surface area contributed by atoms with Crippen LogP contribution >= 0.6 is 0 Å². The molecule has 6 aromatic carbocycles. The molecule has 0 aliphatic rings. The van der Waals surface area contributed by atoms with Crippen LogP contribution in [0, 0.1) is 0 Å². The minimum atomic E-state index is -0.628. The lowest BCUT2D eigenvalue weighted by Crippen LogP contribution is -2.69. The molecule has 0 radical (unpaired) electrons. The molecule has 0 bridgehead atoms. The summed E-state index contributed by atoms with van der Waals surface area (Å²) in [5.74, 6) is 0.588. The van der Waals surface area contributed by atoms with Crippen molar-refractivity contribution in [1.82, 2.24) is 5.32 Å². The first-order valence-corrected chi connectivity index (χ1v) is 15.8. The molecule has 228 valence electrons. The van der Waals surface area contributed by atoms with Crippen molar-refractivity contribution in [2.45, 2.75) is 64.1 Å². The molecule has 0 heterocycles. The molecule has 0 aromatic heterocycles. The van der Waals surface area contributed by atoms with Crippen molar-refractivity contribution in [2.75, 3.05) is 0 Å². The van der Waals surface area contributed by atoms with Crippen LogP contribution in [0.15, 0.2) is 109 Å². The van der Waals surface area contributed by atoms with E-state index in [0.717, 1.165) is 22.4 Å². The normalized spacial score (nSPS) is 13.2. The van der Waals surface area contributed by atoms with Gasteiger partial charge >= 0.3 is 0 Å². The highest BCUT2D eigenvalue weighted by Crippen LogP contribution is 2.35. The van der Waals surface area contributed by atoms with Gasteiger partial charge in [-0.15, -0.1) is 0 Å². The smallest absolute Gasteiger partial charge is 0.279 e. The van der Waals surface area contributed by atoms with Crippen LogP contribution in [0.5, 0.6) is 5.75 Å². The van der Waals surface area contributed by atoms with Crippen LogP contribution in [0.2, 0.25) is 0 Å². The van der Waals surface area contributed by atoms with Crippen LogP contribution in [0.1, 0.15) is 43.9 Å². The Morgan fingerprint density at radius 2 is 1.27 bits per heavy atom. The number of ether oxygens (including phenoxy) is 1. The van der Waals surface area contributed by atoms with Gasteiger partial charge in [-0.05, 0) is 94.8 Å². The maximum absolute atomic E-state index is 13.7. The molecule has 2 atom stereocenters. The fourth-order valence-electron chi connectivity index (χ4n) is 6.21. The molecule has 6 aromatic rings. The highest BCUT2D eigenvalue weighted by molar-refractivity contribution is 6.23. The molecule has 0 fully saturated rings. The minimum Gasteiger partial charge on any atom is -0.488 e. The second-order valence-corrected chi connectivity index (χ2v) is 13.1. The van der Waals surface area contributed by atoms with E-state index in [1.165, 1.54) is 32.3 Å². The van der Waals surface area contributed by atoms with Gasteiger partial charge < -0.3 is 15.8 Å². The van der Waals surface area contributed by atoms with E-state index in [1.807, 2.05) is 75.4 Å². The van der Waals surface area contributed by atoms with E-state index in [1.54, 1.807) is 0 Å². The third-order valence-electron chi connectivity index (χ3n) is 8.37. The van der Waals surface area contributed by atoms with Crippen LogP contribution in [0.4, 0.5) is 0 Å². The number of rotatable bonds is 11. The lowest BCUT2D eigenvalue weighted by atomic mass is 9.91. The van der Waals surface area contributed by atoms with Crippen molar-refractivity contribution in [2.24, 2.45) is 0 Å². The maximum atomic E-state index is 13.7. The lowest BCUT2D eigenvalue weighted by Gasteiger charge is -2.21. The minimum absolute atomic E-state index is 0.0214. The largest absolute Gasteiger partial charge is 0.488 e. The molecule has 45 heavy (non-hydrogen) atoms. The van der Waals surface area contributed by atoms with Crippen LogP contribution in [-0.4, -0.2) is 29.4 Å². The first-order valence-electron chi connectivity index (χ1n) is 15.8. The van der Waals surface area contributed by atoms with Gasteiger partial charge in [-0.2, -0.15) is 0 Å². The summed E-state index contributed by atoms with van der Waals surface area (Å²) in [5, 5.41) is 10.5. The van der Waals surface area contributed by atoms with Crippen molar-refractivity contribution >= 4 is 44.0 Å². The fraction of sp³-hybridized carbons (Fsp3) is 0.250. The molecule has 0 aliphatic heterocycles. The first-order chi connectivity index (χ1) is 21.6. The standard InChI is InChI=1S/C40H40N2O3/c1-40(2,3)45-33-19-12-27(13-20-33)24-34(41)39(44)42-35(25-26-8-5-4-6-9-26)36(43)21-14-28-22-31-17-15-29-10-7-11-30-16-18-32(23-28)38(31)37(29)30/h4-13,15-20,22-23,34-35H,14,21,24-25,41H2,1-3H3,(H,42,44)/p+1/t34-,35-/m0/s1. The summed E-state index contributed by atoms with van der Waals surface area (Å²) in [4.78, 5) is 27.1. The van der Waals surface area contributed by atoms with E-state index in [2.05, 4.69) is 65.6 Å². The third-order valence-corrected chi connectivity index (χ3v) is 8.37. The number of hydrogen-bond acceptors (Lipinski definition) is 3. The van der Waals surface area contributed by atoms with Gasteiger partial charge in [0.05, 0.1) is 6.04 Å². The number of carbonyl (C=O) groups excluding carboxylic acids is 2. The molecule has 0 spiro atoms. The van der Waals surface area contributed by atoms with Gasteiger partial charge in [-0.1, -0.05) is 97.1 Å². The summed E-state index contributed by atoms with van der Waals surface area (Å²) in [6.07, 6.45) is 1.85. The zero-order chi connectivity index (χ0) is 31.6. The summed E-state index contributed by atoms with van der Waals surface area (Å²) in [7, 11) is 0. The topological polar surface area (TPSA) is 83.0 Å². The molecule has 0 aliphatic carbocycles. The van der Waals surface area contributed by atoms with Crippen molar-refractivity contribution in [3.8, 4) is 5.75 Å². The Kier molecular flexibility index (Phi) is 8.55. The summed E-state index contributed by atoms with van der Waals surface area (Å²) in [6, 6.07) is 36.0. The highest BCUT2D eigenvalue weighted by atomic mass is 16.5. The Balaban J connectivity index is 1.15.